The van der Waals surface area contributed by atoms with E-state index in [1.165, 1.54) is 14.2 Å². The van der Waals surface area contributed by atoms with Gasteiger partial charge in [0.25, 0.3) is 0 Å². The Balaban J connectivity index is 2.73. The molecule has 98 valence electrons. The zero-order valence-corrected chi connectivity index (χ0v) is 10.7. The Morgan fingerprint density at radius 2 is 1.72 bits per heavy atom. The van der Waals surface area contributed by atoms with Crippen molar-refractivity contribution in [1.82, 2.24) is 0 Å². The van der Waals surface area contributed by atoms with Gasteiger partial charge >= 0.3 is 11.9 Å². The molecule has 0 heterocycles. The molecule has 0 saturated carbocycles. The summed E-state index contributed by atoms with van der Waals surface area (Å²) in [5, 5.41) is 0. The van der Waals surface area contributed by atoms with Crippen LogP contribution in [0.2, 0.25) is 0 Å². The predicted molar refractivity (Wildman–Crippen MR) is 64.6 cm³/mol. The van der Waals surface area contributed by atoms with Crippen molar-refractivity contribution in [2.24, 2.45) is 0 Å². The summed E-state index contributed by atoms with van der Waals surface area (Å²) >= 11 is 0. The Kier molecular flexibility index (Phi) is 5.17. The third-order valence-electron chi connectivity index (χ3n) is 2.31. The molecule has 0 spiro atoms. The molecule has 0 atom stereocenters. The van der Waals surface area contributed by atoms with Gasteiger partial charge in [0.15, 0.2) is 11.5 Å². The zero-order chi connectivity index (χ0) is 13.5. The molecule has 5 heteroatoms. The number of ether oxygens (including phenoxy) is 3. The van der Waals surface area contributed by atoms with Crippen molar-refractivity contribution in [2.75, 3.05) is 14.2 Å². The van der Waals surface area contributed by atoms with Crippen LogP contribution in [0, 0.1) is 0 Å². The summed E-state index contributed by atoms with van der Waals surface area (Å²) in [7, 11) is 3.05. The van der Waals surface area contributed by atoms with Gasteiger partial charge in [-0.05, 0) is 17.7 Å². The molecule has 0 aliphatic rings. The minimum atomic E-state index is -0.575. The van der Waals surface area contributed by atoms with Crippen molar-refractivity contribution >= 4 is 11.9 Å². The van der Waals surface area contributed by atoms with Gasteiger partial charge in [-0.3, -0.25) is 9.59 Å². The summed E-state index contributed by atoms with van der Waals surface area (Å²) in [4.78, 5) is 22.4. The minimum Gasteiger partial charge on any atom is -0.493 e. The molecule has 1 rings (SSSR count). The fourth-order valence-electron chi connectivity index (χ4n) is 1.39. The second-order valence-electron chi connectivity index (χ2n) is 3.57. The molecule has 0 aliphatic heterocycles. The Labute approximate surface area is 106 Å². The first-order valence-corrected chi connectivity index (χ1v) is 5.55. The molecule has 0 bridgehead atoms. The highest BCUT2D eigenvalue weighted by Gasteiger charge is 2.11. The van der Waals surface area contributed by atoms with Crippen LogP contribution in [0.3, 0.4) is 0 Å². The highest BCUT2D eigenvalue weighted by Crippen LogP contribution is 2.27. The second kappa shape index (κ2) is 6.64. The van der Waals surface area contributed by atoms with Crippen LogP contribution in [0.15, 0.2) is 18.2 Å². The van der Waals surface area contributed by atoms with E-state index in [0.29, 0.717) is 17.1 Å². The lowest BCUT2D eigenvalue weighted by atomic mass is 10.1. The van der Waals surface area contributed by atoms with E-state index in [1.807, 2.05) is 0 Å². The van der Waals surface area contributed by atoms with Gasteiger partial charge in [0.1, 0.15) is 0 Å². The quantitative estimate of drug-likeness (QED) is 0.590. The summed E-state index contributed by atoms with van der Waals surface area (Å²) in [6.45, 7) is 1.63. The maximum Gasteiger partial charge on any atom is 0.317 e. The Morgan fingerprint density at radius 3 is 2.28 bits per heavy atom. The van der Waals surface area contributed by atoms with Crippen molar-refractivity contribution in [3.05, 3.63) is 23.8 Å². The van der Waals surface area contributed by atoms with E-state index in [0.717, 1.165) is 0 Å². The third-order valence-corrected chi connectivity index (χ3v) is 2.31. The Morgan fingerprint density at radius 1 is 1.06 bits per heavy atom. The number of methoxy groups -OCH3 is 2. The van der Waals surface area contributed by atoms with Crippen molar-refractivity contribution in [1.29, 1.82) is 0 Å². The van der Waals surface area contributed by atoms with Crippen molar-refractivity contribution in [3.8, 4) is 11.5 Å². The van der Waals surface area contributed by atoms with Crippen LogP contribution in [0.25, 0.3) is 0 Å². The van der Waals surface area contributed by atoms with Crippen LogP contribution in [0.5, 0.6) is 11.5 Å². The van der Waals surface area contributed by atoms with Crippen LogP contribution in [-0.4, -0.2) is 26.2 Å². The van der Waals surface area contributed by atoms with E-state index >= 15 is 0 Å². The number of esters is 2. The fourth-order valence-corrected chi connectivity index (χ4v) is 1.39. The summed E-state index contributed by atoms with van der Waals surface area (Å²) in [6, 6.07) is 5.10. The predicted octanol–water partition coefficient (Wildman–Crippen LogP) is 1.73. The molecule has 0 aromatic heterocycles. The first-order valence-electron chi connectivity index (χ1n) is 5.55. The molecule has 1 aromatic carbocycles. The standard InChI is InChI=1S/C13H16O5/c1-4-12(14)18-13(15)8-9-5-6-10(16-2)11(7-9)17-3/h5-7H,4,8H2,1-3H3. The number of hydrogen-bond donors (Lipinski definition) is 0. The lowest BCUT2D eigenvalue weighted by Crippen LogP contribution is -2.13. The minimum absolute atomic E-state index is 0.0199. The van der Waals surface area contributed by atoms with E-state index in [-0.39, 0.29) is 12.8 Å². The lowest BCUT2D eigenvalue weighted by molar-refractivity contribution is -0.158. The highest BCUT2D eigenvalue weighted by molar-refractivity contribution is 5.86. The highest BCUT2D eigenvalue weighted by atomic mass is 16.6. The van der Waals surface area contributed by atoms with Crippen LogP contribution in [-0.2, 0) is 20.7 Å². The van der Waals surface area contributed by atoms with Gasteiger partial charge < -0.3 is 14.2 Å². The molecule has 0 N–H and O–H groups in total. The number of rotatable bonds is 5. The molecule has 1 aromatic rings. The molecule has 0 amide bonds. The largest absolute Gasteiger partial charge is 0.493 e. The molecule has 0 saturated heterocycles. The Hall–Kier alpha value is -2.04. The van der Waals surface area contributed by atoms with Gasteiger partial charge in [-0.25, -0.2) is 0 Å². The van der Waals surface area contributed by atoms with Crippen molar-refractivity contribution < 1.29 is 23.8 Å². The van der Waals surface area contributed by atoms with E-state index in [1.54, 1.807) is 25.1 Å². The van der Waals surface area contributed by atoms with Crippen LogP contribution in [0.4, 0.5) is 0 Å². The molecule has 5 nitrogen and oxygen atoms in total. The summed E-state index contributed by atoms with van der Waals surface area (Å²) in [5.41, 5.74) is 0.696. The smallest absolute Gasteiger partial charge is 0.317 e. The average molecular weight is 252 g/mol. The van der Waals surface area contributed by atoms with Crippen LogP contribution >= 0.6 is 0 Å². The maximum atomic E-state index is 11.4. The molecular formula is C13H16O5. The number of hydrogen-bond acceptors (Lipinski definition) is 5. The van der Waals surface area contributed by atoms with Gasteiger partial charge in [-0.2, -0.15) is 0 Å². The summed E-state index contributed by atoms with van der Waals surface area (Å²) in [6.07, 6.45) is 0.198. The number of benzene rings is 1. The fraction of sp³-hybridized carbons (Fsp3) is 0.385. The second-order valence-corrected chi connectivity index (χ2v) is 3.57. The molecule has 0 fully saturated rings. The SMILES string of the molecule is CCC(=O)OC(=O)Cc1ccc(OC)c(OC)c1. The van der Waals surface area contributed by atoms with Crippen LogP contribution in [0.1, 0.15) is 18.9 Å². The van der Waals surface area contributed by atoms with Crippen molar-refractivity contribution in [3.63, 3.8) is 0 Å². The summed E-state index contributed by atoms with van der Waals surface area (Å²) in [5.74, 6) is 0.0124. The molecule has 18 heavy (non-hydrogen) atoms. The van der Waals surface area contributed by atoms with Gasteiger partial charge in [-0.1, -0.05) is 13.0 Å². The maximum absolute atomic E-state index is 11.4. The van der Waals surface area contributed by atoms with E-state index in [2.05, 4.69) is 4.74 Å². The summed E-state index contributed by atoms with van der Waals surface area (Å²) < 4.78 is 14.8. The lowest BCUT2D eigenvalue weighted by Gasteiger charge is -2.09. The molecule has 0 radical (unpaired) electrons. The number of carbonyl (C=O) groups excluding carboxylic acids is 2. The van der Waals surface area contributed by atoms with Gasteiger partial charge in [0, 0.05) is 6.42 Å². The molecule has 0 aliphatic carbocycles. The zero-order valence-electron chi connectivity index (χ0n) is 10.7. The van der Waals surface area contributed by atoms with E-state index in [9.17, 15) is 9.59 Å². The first kappa shape index (κ1) is 14.0. The Bertz CT molecular complexity index is 439. The van der Waals surface area contributed by atoms with Crippen LogP contribution < -0.4 is 9.47 Å². The molecule has 0 unspecified atom stereocenters. The van der Waals surface area contributed by atoms with Gasteiger partial charge in [0.05, 0.1) is 20.6 Å². The van der Waals surface area contributed by atoms with Gasteiger partial charge in [0.2, 0.25) is 0 Å². The van der Waals surface area contributed by atoms with E-state index < -0.39 is 11.9 Å². The monoisotopic (exact) mass is 252 g/mol. The van der Waals surface area contributed by atoms with E-state index in [4.69, 9.17) is 9.47 Å². The number of carbonyl (C=O) groups is 2. The third kappa shape index (κ3) is 3.76. The van der Waals surface area contributed by atoms with Crippen molar-refractivity contribution in [2.45, 2.75) is 19.8 Å². The normalized spacial score (nSPS) is 9.72. The van der Waals surface area contributed by atoms with Gasteiger partial charge in [-0.15, -0.1) is 0 Å². The first-order chi connectivity index (χ1) is 8.60. The molecular weight excluding hydrogens is 236 g/mol. The average Bonchev–Trinajstić information content (AvgIpc) is 2.38. The topological polar surface area (TPSA) is 61.8 Å².